The summed E-state index contributed by atoms with van der Waals surface area (Å²) in [5.74, 6) is 0.910. The third kappa shape index (κ3) is 1.74. The maximum Gasteiger partial charge on any atom is 0.0826 e. The molecule has 0 spiro atoms. The van der Waals surface area contributed by atoms with Gasteiger partial charge in [-0.2, -0.15) is 0 Å². The van der Waals surface area contributed by atoms with Crippen molar-refractivity contribution in [2.75, 3.05) is 18.0 Å². The van der Waals surface area contributed by atoms with Crippen molar-refractivity contribution in [3.05, 3.63) is 29.8 Å². The average Bonchev–Trinajstić information content (AvgIpc) is 3.07. The molecule has 2 aliphatic rings. The number of fused-ring (bicyclic) bond motifs is 1. The minimum atomic E-state index is -0.253. The third-order valence-corrected chi connectivity index (χ3v) is 3.48. The predicted octanol–water partition coefficient (Wildman–Crippen LogP) is 2.34. The molecule has 0 radical (unpaired) electrons. The highest BCUT2D eigenvalue weighted by Crippen LogP contribution is 2.37. The Hall–Kier alpha value is -1.02. The van der Waals surface area contributed by atoms with E-state index in [-0.39, 0.29) is 6.10 Å². The van der Waals surface area contributed by atoms with Crippen molar-refractivity contribution in [1.82, 2.24) is 0 Å². The van der Waals surface area contributed by atoms with Gasteiger partial charge in [0.2, 0.25) is 0 Å². The van der Waals surface area contributed by atoms with Gasteiger partial charge in [0.05, 0.1) is 6.10 Å². The van der Waals surface area contributed by atoms with Crippen molar-refractivity contribution >= 4 is 5.69 Å². The van der Waals surface area contributed by atoms with E-state index in [0.29, 0.717) is 0 Å². The molecule has 1 aliphatic heterocycles. The van der Waals surface area contributed by atoms with Crippen LogP contribution in [0.4, 0.5) is 5.69 Å². The molecule has 1 fully saturated rings. The summed E-state index contributed by atoms with van der Waals surface area (Å²) in [5, 5.41) is 9.90. The van der Waals surface area contributed by atoms with Crippen LogP contribution in [-0.4, -0.2) is 18.2 Å². The second-order valence-electron chi connectivity index (χ2n) is 4.75. The molecule has 1 aromatic rings. The number of aliphatic hydroxyl groups is 1. The van der Waals surface area contributed by atoms with Crippen LogP contribution in [0.15, 0.2) is 24.3 Å². The molecule has 80 valence electrons. The number of aliphatic hydroxyl groups excluding tert-OH is 1. The van der Waals surface area contributed by atoms with Gasteiger partial charge in [0.25, 0.3) is 0 Å². The van der Waals surface area contributed by atoms with E-state index in [1.165, 1.54) is 25.1 Å². The first-order valence-electron chi connectivity index (χ1n) is 5.86. The van der Waals surface area contributed by atoms with Crippen molar-refractivity contribution in [2.24, 2.45) is 5.92 Å². The quantitative estimate of drug-likeness (QED) is 0.797. The van der Waals surface area contributed by atoms with Gasteiger partial charge >= 0.3 is 0 Å². The normalized spacial score (nSPS) is 25.1. The van der Waals surface area contributed by atoms with E-state index in [2.05, 4.69) is 23.1 Å². The first-order chi connectivity index (χ1) is 7.34. The minimum absolute atomic E-state index is 0.253. The van der Waals surface area contributed by atoms with E-state index in [9.17, 15) is 5.11 Å². The zero-order valence-electron chi connectivity index (χ0n) is 8.89. The maximum absolute atomic E-state index is 9.90. The smallest absolute Gasteiger partial charge is 0.0826 e. The zero-order chi connectivity index (χ0) is 10.3. The summed E-state index contributed by atoms with van der Waals surface area (Å²) >= 11 is 0. The molecule has 2 nitrogen and oxygen atoms in total. The van der Waals surface area contributed by atoms with E-state index in [4.69, 9.17) is 0 Å². The molecule has 15 heavy (non-hydrogen) atoms. The van der Waals surface area contributed by atoms with Crippen LogP contribution in [0.1, 0.15) is 30.9 Å². The Bertz CT molecular complexity index is 359. The first-order valence-corrected chi connectivity index (χ1v) is 5.86. The lowest BCUT2D eigenvalue weighted by Crippen LogP contribution is -2.32. The van der Waals surface area contributed by atoms with Crippen molar-refractivity contribution in [3.63, 3.8) is 0 Å². The summed E-state index contributed by atoms with van der Waals surface area (Å²) in [7, 11) is 0. The van der Waals surface area contributed by atoms with Gasteiger partial charge in [-0.25, -0.2) is 0 Å². The number of nitrogens with zero attached hydrogens (tertiary/aromatic N) is 1. The number of hydrogen-bond acceptors (Lipinski definition) is 2. The fourth-order valence-electron chi connectivity index (χ4n) is 2.41. The predicted molar refractivity (Wildman–Crippen MR) is 61.0 cm³/mol. The molecule has 0 saturated heterocycles. The molecule has 0 bridgehead atoms. The summed E-state index contributed by atoms with van der Waals surface area (Å²) in [6, 6.07) is 8.28. The Kier molecular flexibility index (Phi) is 2.17. The van der Waals surface area contributed by atoms with Gasteiger partial charge in [-0.3, -0.25) is 0 Å². The number of rotatable bonds is 2. The second kappa shape index (κ2) is 3.53. The summed E-state index contributed by atoms with van der Waals surface area (Å²) in [4.78, 5) is 2.44. The molecule has 1 unspecified atom stereocenters. The Morgan fingerprint density at radius 2 is 2.00 bits per heavy atom. The fraction of sp³-hybridized carbons (Fsp3) is 0.538. The van der Waals surface area contributed by atoms with Crippen molar-refractivity contribution < 1.29 is 5.11 Å². The topological polar surface area (TPSA) is 23.5 Å². The zero-order valence-corrected chi connectivity index (χ0v) is 8.89. The largest absolute Gasteiger partial charge is 0.388 e. The molecule has 0 aromatic heterocycles. The molecule has 0 amide bonds. The number of hydrogen-bond donors (Lipinski definition) is 1. The average molecular weight is 203 g/mol. The van der Waals surface area contributed by atoms with E-state index < -0.39 is 0 Å². The van der Waals surface area contributed by atoms with Gasteiger partial charge in [-0.15, -0.1) is 0 Å². The summed E-state index contributed by atoms with van der Waals surface area (Å²) < 4.78 is 0. The lowest BCUT2D eigenvalue weighted by Gasteiger charge is -2.33. The second-order valence-corrected chi connectivity index (χ2v) is 4.75. The van der Waals surface area contributed by atoms with Gasteiger partial charge in [0.1, 0.15) is 0 Å². The summed E-state index contributed by atoms with van der Waals surface area (Å²) in [6.45, 7) is 2.19. The minimum Gasteiger partial charge on any atom is -0.388 e. The van der Waals surface area contributed by atoms with Gasteiger partial charge in [-0.05, 0) is 31.2 Å². The van der Waals surface area contributed by atoms with Crippen LogP contribution in [0, 0.1) is 5.92 Å². The molecule has 1 atom stereocenters. The SMILES string of the molecule is OC1CCN(CC2CC2)c2ccccc21. The Labute approximate surface area is 90.5 Å². The summed E-state index contributed by atoms with van der Waals surface area (Å²) in [5.41, 5.74) is 2.37. The van der Waals surface area contributed by atoms with E-state index >= 15 is 0 Å². The van der Waals surface area contributed by atoms with Gasteiger partial charge < -0.3 is 10.0 Å². The lowest BCUT2D eigenvalue weighted by molar-refractivity contribution is 0.164. The molecule has 1 saturated carbocycles. The van der Waals surface area contributed by atoms with Crippen molar-refractivity contribution in [3.8, 4) is 0 Å². The van der Waals surface area contributed by atoms with Crippen LogP contribution in [0.25, 0.3) is 0 Å². The Morgan fingerprint density at radius 3 is 2.80 bits per heavy atom. The van der Waals surface area contributed by atoms with Gasteiger partial charge in [-0.1, -0.05) is 18.2 Å². The molecule has 1 N–H and O–H groups in total. The lowest BCUT2D eigenvalue weighted by atomic mass is 9.99. The standard InChI is InChI=1S/C13H17NO/c15-13-7-8-14(9-10-5-6-10)12-4-2-1-3-11(12)13/h1-4,10,13,15H,5-9H2. The molecule has 1 aromatic carbocycles. The van der Waals surface area contributed by atoms with E-state index in [0.717, 1.165) is 24.4 Å². The molecule has 3 rings (SSSR count). The first kappa shape index (κ1) is 9.22. The highest BCUT2D eigenvalue weighted by molar-refractivity contribution is 5.56. The van der Waals surface area contributed by atoms with Crippen LogP contribution >= 0.6 is 0 Å². The monoisotopic (exact) mass is 203 g/mol. The number of anilines is 1. The van der Waals surface area contributed by atoms with E-state index in [1.54, 1.807) is 0 Å². The summed E-state index contributed by atoms with van der Waals surface area (Å²) in [6.07, 6.45) is 3.41. The number of benzene rings is 1. The third-order valence-electron chi connectivity index (χ3n) is 3.48. The Balaban J connectivity index is 1.89. The van der Waals surface area contributed by atoms with Crippen LogP contribution in [-0.2, 0) is 0 Å². The van der Waals surface area contributed by atoms with Crippen molar-refractivity contribution in [1.29, 1.82) is 0 Å². The van der Waals surface area contributed by atoms with Gasteiger partial charge in [0, 0.05) is 24.3 Å². The maximum atomic E-state index is 9.90. The molecular formula is C13H17NO. The van der Waals surface area contributed by atoms with Gasteiger partial charge in [0.15, 0.2) is 0 Å². The fourth-order valence-corrected chi connectivity index (χ4v) is 2.41. The molecule has 1 aliphatic carbocycles. The molecule has 2 heteroatoms. The Morgan fingerprint density at radius 1 is 1.20 bits per heavy atom. The number of para-hydroxylation sites is 1. The van der Waals surface area contributed by atoms with Crippen LogP contribution in [0.3, 0.4) is 0 Å². The highest BCUT2D eigenvalue weighted by Gasteiger charge is 2.28. The van der Waals surface area contributed by atoms with Crippen LogP contribution < -0.4 is 4.90 Å². The van der Waals surface area contributed by atoms with E-state index in [1.807, 2.05) is 6.07 Å². The van der Waals surface area contributed by atoms with Crippen LogP contribution in [0.5, 0.6) is 0 Å². The molecule has 1 heterocycles. The van der Waals surface area contributed by atoms with Crippen LogP contribution in [0.2, 0.25) is 0 Å². The molecular weight excluding hydrogens is 186 g/mol. The highest BCUT2D eigenvalue weighted by atomic mass is 16.3. The van der Waals surface area contributed by atoms with Crippen molar-refractivity contribution in [2.45, 2.75) is 25.4 Å².